The van der Waals surface area contributed by atoms with Gasteiger partial charge in [0.25, 0.3) is 0 Å². The molecule has 30 heavy (non-hydrogen) atoms. The predicted octanol–water partition coefficient (Wildman–Crippen LogP) is 3.64. The number of nitrogens with one attached hydrogen (secondary N) is 1. The molecule has 2 heterocycles. The van der Waals surface area contributed by atoms with Gasteiger partial charge in [0.05, 0.1) is 12.8 Å². The van der Waals surface area contributed by atoms with Crippen LogP contribution >= 0.6 is 0 Å². The molecule has 0 atom stereocenters. The van der Waals surface area contributed by atoms with Crippen LogP contribution in [0.2, 0.25) is 0 Å². The minimum Gasteiger partial charge on any atom is -0.492 e. The van der Waals surface area contributed by atoms with E-state index in [1.54, 1.807) is 6.07 Å². The van der Waals surface area contributed by atoms with Gasteiger partial charge in [0.15, 0.2) is 14.9 Å². The summed E-state index contributed by atoms with van der Waals surface area (Å²) in [6, 6.07) is 3.20. The number of rotatable bonds is 6. The smallest absolute Gasteiger partial charge is 0.317 e. The van der Waals surface area contributed by atoms with E-state index >= 15 is 0 Å². The van der Waals surface area contributed by atoms with Crippen molar-refractivity contribution >= 4 is 15.9 Å². The molecule has 3 rings (SSSR count). The van der Waals surface area contributed by atoms with Crippen LogP contribution in [-0.2, 0) is 9.84 Å². The van der Waals surface area contributed by atoms with Crippen LogP contribution in [0.3, 0.4) is 0 Å². The number of amides is 2. The second-order valence-electron chi connectivity index (χ2n) is 10.0. The van der Waals surface area contributed by atoms with Crippen LogP contribution in [0.25, 0.3) is 0 Å². The third kappa shape index (κ3) is 6.09. The Bertz CT molecular complexity index is 830. The highest BCUT2D eigenvalue weighted by Gasteiger charge is 2.45. The molecule has 1 aliphatic carbocycles. The highest BCUT2D eigenvalue weighted by molar-refractivity contribution is 7.90. The van der Waals surface area contributed by atoms with Crippen LogP contribution in [0.15, 0.2) is 23.4 Å². The predicted molar refractivity (Wildman–Crippen MR) is 116 cm³/mol. The highest BCUT2D eigenvalue weighted by atomic mass is 32.2. The van der Waals surface area contributed by atoms with E-state index in [0.29, 0.717) is 17.8 Å². The van der Waals surface area contributed by atoms with Gasteiger partial charge in [0, 0.05) is 24.9 Å². The first-order chi connectivity index (χ1) is 14.0. The first-order valence-corrected chi connectivity index (χ1v) is 12.7. The average molecular weight is 438 g/mol. The molecule has 7 nitrogen and oxygen atoms in total. The molecule has 1 aromatic rings. The summed E-state index contributed by atoms with van der Waals surface area (Å²) in [5.74, 6) is 1.35. The van der Waals surface area contributed by atoms with Gasteiger partial charge in [-0.05, 0) is 82.8 Å². The molecule has 1 saturated heterocycles. The number of urea groups is 1. The second kappa shape index (κ2) is 8.73. The standard InChI is InChI=1S/C22H35N3O4S/c1-21(2,3)24-20(26)25-11-9-22(10-12-25)14-17(15-22)6-5-13-29-18-7-8-19(23-16-18)30(4,27)28/h7-8,16-17H,5-6,9-15H2,1-4H3,(H,24,26). The number of sulfone groups is 1. The Kier molecular flexibility index (Phi) is 6.65. The van der Waals surface area contributed by atoms with Gasteiger partial charge in [0.2, 0.25) is 0 Å². The van der Waals surface area contributed by atoms with Crippen molar-refractivity contribution in [2.75, 3.05) is 26.0 Å². The summed E-state index contributed by atoms with van der Waals surface area (Å²) in [5.41, 5.74) is 0.247. The molecule has 0 unspecified atom stereocenters. The molecule has 8 heteroatoms. The summed E-state index contributed by atoms with van der Waals surface area (Å²) < 4.78 is 28.6. The molecule has 2 aliphatic rings. The van der Waals surface area contributed by atoms with Crippen LogP contribution < -0.4 is 10.1 Å². The van der Waals surface area contributed by atoms with Crippen molar-refractivity contribution in [3.63, 3.8) is 0 Å². The number of nitrogens with zero attached hydrogens (tertiary/aromatic N) is 2. The van der Waals surface area contributed by atoms with Crippen molar-refractivity contribution in [3.05, 3.63) is 18.3 Å². The third-order valence-corrected chi connectivity index (χ3v) is 7.15. The maximum atomic E-state index is 12.3. The highest BCUT2D eigenvalue weighted by Crippen LogP contribution is 2.53. The maximum Gasteiger partial charge on any atom is 0.317 e. The SMILES string of the molecule is CC(C)(C)NC(=O)N1CCC2(CC1)CC(CCCOc1ccc(S(C)(=O)=O)nc1)C2. The number of likely N-dealkylation sites (tertiary alicyclic amines) is 1. The monoisotopic (exact) mass is 437 g/mol. The normalized spacial score (nSPS) is 19.4. The molecular formula is C22H35N3O4S. The summed E-state index contributed by atoms with van der Waals surface area (Å²) in [5, 5.41) is 3.12. The molecule has 1 saturated carbocycles. The van der Waals surface area contributed by atoms with E-state index < -0.39 is 9.84 Å². The number of hydrogen-bond acceptors (Lipinski definition) is 5. The van der Waals surface area contributed by atoms with E-state index in [1.807, 2.05) is 25.7 Å². The second-order valence-corrected chi connectivity index (χ2v) is 12.0. The lowest BCUT2D eigenvalue weighted by molar-refractivity contribution is -0.00891. The van der Waals surface area contributed by atoms with Gasteiger partial charge < -0.3 is 15.0 Å². The van der Waals surface area contributed by atoms with Crippen LogP contribution in [0.4, 0.5) is 4.79 Å². The molecule has 0 aromatic carbocycles. The Balaban J connectivity index is 1.32. The summed E-state index contributed by atoms with van der Waals surface area (Å²) in [4.78, 5) is 18.2. The van der Waals surface area contributed by atoms with Gasteiger partial charge in [-0.15, -0.1) is 0 Å². The Morgan fingerprint density at radius 2 is 1.93 bits per heavy atom. The number of aromatic nitrogens is 1. The van der Waals surface area contributed by atoms with Gasteiger partial charge in [0.1, 0.15) is 5.75 Å². The Morgan fingerprint density at radius 1 is 1.27 bits per heavy atom. The van der Waals surface area contributed by atoms with Crippen LogP contribution in [-0.4, -0.2) is 55.8 Å². The molecule has 2 amide bonds. The lowest BCUT2D eigenvalue weighted by atomic mass is 9.56. The van der Waals surface area contributed by atoms with E-state index in [-0.39, 0.29) is 16.6 Å². The van der Waals surface area contributed by atoms with Gasteiger partial charge >= 0.3 is 6.03 Å². The fraction of sp³-hybridized carbons (Fsp3) is 0.727. The Labute approximate surface area is 180 Å². The quantitative estimate of drug-likeness (QED) is 0.687. The first kappa shape index (κ1) is 22.8. The molecule has 0 bridgehead atoms. The zero-order valence-corrected chi connectivity index (χ0v) is 19.4. The van der Waals surface area contributed by atoms with Gasteiger partial charge in [-0.3, -0.25) is 0 Å². The third-order valence-electron chi connectivity index (χ3n) is 6.15. The van der Waals surface area contributed by atoms with Gasteiger partial charge in [-0.25, -0.2) is 18.2 Å². The number of hydrogen-bond donors (Lipinski definition) is 1. The number of ether oxygens (including phenoxy) is 1. The van der Waals surface area contributed by atoms with Crippen molar-refractivity contribution in [2.45, 2.75) is 69.9 Å². The van der Waals surface area contributed by atoms with E-state index in [2.05, 4.69) is 10.3 Å². The Morgan fingerprint density at radius 3 is 2.47 bits per heavy atom. The summed E-state index contributed by atoms with van der Waals surface area (Å²) in [6.45, 7) is 8.36. The molecule has 2 fully saturated rings. The van der Waals surface area contributed by atoms with Crippen molar-refractivity contribution in [3.8, 4) is 5.75 Å². The molecule has 1 spiro atoms. The van der Waals surface area contributed by atoms with E-state index in [0.717, 1.165) is 50.9 Å². The largest absolute Gasteiger partial charge is 0.492 e. The zero-order valence-electron chi connectivity index (χ0n) is 18.6. The van der Waals surface area contributed by atoms with E-state index in [4.69, 9.17) is 4.74 Å². The summed E-state index contributed by atoms with van der Waals surface area (Å²) in [7, 11) is -3.27. The van der Waals surface area contributed by atoms with Crippen molar-refractivity contribution in [2.24, 2.45) is 11.3 Å². The molecule has 1 aliphatic heterocycles. The molecule has 168 valence electrons. The minimum absolute atomic E-state index is 0.0597. The molecule has 1 aromatic heterocycles. The van der Waals surface area contributed by atoms with Crippen LogP contribution in [0, 0.1) is 11.3 Å². The van der Waals surface area contributed by atoms with Crippen molar-refractivity contribution in [1.82, 2.24) is 15.2 Å². The summed E-state index contributed by atoms with van der Waals surface area (Å²) >= 11 is 0. The fourth-order valence-electron chi connectivity index (χ4n) is 4.59. The van der Waals surface area contributed by atoms with Gasteiger partial charge in [-0.1, -0.05) is 0 Å². The number of piperidine rings is 1. The van der Waals surface area contributed by atoms with Crippen LogP contribution in [0.5, 0.6) is 5.75 Å². The molecule has 1 N–H and O–H groups in total. The summed E-state index contributed by atoms with van der Waals surface area (Å²) in [6.07, 6.45) is 9.47. The van der Waals surface area contributed by atoms with E-state index in [1.165, 1.54) is 25.1 Å². The average Bonchev–Trinajstić information content (AvgIpc) is 2.62. The number of pyridine rings is 1. The minimum atomic E-state index is -3.27. The zero-order chi connectivity index (χ0) is 22.0. The topological polar surface area (TPSA) is 88.6 Å². The number of carbonyl (C=O) groups excluding carboxylic acids is 1. The van der Waals surface area contributed by atoms with Crippen molar-refractivity contribution in [1.29, 1.82) is 0 Å². The molecular weight excluding hydrogens is 402 g/mol. The molecule has 0 radical (unpaired) electrons. The lowest BCUT2D eigenvalue weighted by Crippen LogP contribution is -2.54. The Hall–Kier alpha value is -1.83. The number of carbonyl (C=O) groups is 1. The fourth-order valence-corrected chi connectivity index (χ4v) is 5.15. The van der Waals surface area contributed by atoms with Crippen molar-refractivity contribution < 1.29 is 17.9 Å². The first-order valence-electron chi connectivity index (χ1n) is 10.8. The maximum absolute atomic E-state index is 12.3. The van der Waals surface area contributed by atoms with Gasteiger partial charge in [-0.2, -0.15) is 0 Å². The van der Waals surface area contributed by atoms with Crippen LogP contribution in [0.1, 0.15) is 59.3 Å². The lowest BCUT2D eigenvalue weighted by Gasteiger charge is -2.52. The van der Waals surface area contributed by atoms with E-state index in [9.17, 15) is 13.2 Å².